The molecule has 1 fully saturated rings. The number of aryl methyl sites for hydroxylation is 1. The SMILES string of the molecule is O=C(c1ccc2nnnn2c1)N1CCCC(CCc2ccc(F)cc2)C1. The molecule has 0 radical (unpaired) electrons. The van der Waals surface area contributed by atoms with E-state index in [1.165, 1.54) is 16.6 Å². The van der Waals surface area contributed by atoms with E-state index in [4.69, 9.17) is 0 Å². The normalized spacial score (nSPS) is 17.6. The molecule has 0 bridgehead atoms. The number of aromatic nitrogens is 4. The number of carbonyl (C=O) groups is 1. The molecule has 1 saturated heterocycles. The second-order valence-corrected chi connectivity index (χ2v) is 6.82. The maximum atomic E-state index is 13.0. The summed E-state index contributed by atoms with van der Waals surface area (Å²) in [4.78, 5) is 14.7. The molecule has 0 saturated carbocycles. The second-order valence-electron chi connectivity index (χ2n) is 6.82. The van der Waals surface area contributed by atoms with Crippen molar-refractivity contribution in [1.29, 1.82) is 0 Å². The van der Waals surface area contributed by atoms with Crippen LogP contribution in [0.2, 0.25) is 0 Å². The van der Waals surface area contributed by atoms with Crippen molar-refractivity contribution in [1.82, 2.24) is 24.9 Å². The zero-order valence-corrected chi connectivity index (χ0v) is 14.4. The first-order valence-electron chi connectivity index (χ1n) is 8.90. The lowest BCUT2D eigenvalue weighted by atomic mass is 9.91. The molecular formula is C19H20FN5O. The topological polar surface area (TPSA) is 63.4 Å². The molecule has 0 aliphatic carbocycles. The van der Waals surface area contributed by atoms with Crippen LogP contribution in [-0.4, -0.2) is 43.9 Å². The summed E-state index contributed by atoms with van der Waals surface area (Å²) in [5.74, 6) is 0.283. The van der Waals surface area contributed by atoms with Crippen LogP contribution in [0.3, 0.4) is 0 Å². The van der Waals surface area contributed by atoms with Crippen molar-refractivity contribution in [2.75, 3.05) is 13.1 Å². The van der Waals surface area contributed by atoms with E-state index in [9.17, 15) is 9.18 Å². The predicted octanol–water partition coefficient (Wildman–Crippen LogP) is 2.75. The summed E-state index contributed by atoms with van der Waals surface area (Å²) in [5, 5.41) is 11.3. The van der Waals surface area contributed by atoms with Gasteiger partial charge in [-0.3, -0.25) is 4.79 Å². The number of amides is 1. The maximum Gasteiger partial charge on any atom is 0.255 e. The van der Waals surface area contributed by atoms with E-state index in [0.29, 0.717) is 17.1 Å². The van der Waals surface area contributed by atoms with Gasteiger partial charge in [0.25, 0.3) is 5.91 Å². The largest absolute Gasteiger partial charge is 0.338 e. The summed E-state index contributed by atoms with van der Waals surface area (Å²) < 4.78 is 14.5. The molecule has 1 aliphatic heterocycles. The Morgan fingerprint density at radius 3 is 2.88 bits per heavy atom. The molecule has 26 heavy (non-hydrogen) atoms. The van der Waals surface area contributed by atoms with Crippen LogP contribution in [0, 0.1) is 11.7 Å². The molecule has 6 nitrogen and oxygen atoms in total. The first kappa shape index (κ1) is 16.6. The van der Waals surface area contributed by atoms with Crippen LogP contribution in [0.5, 0.6) is 0 Å². The smallest absolute Gasteiger partial charge is 0.255 e. The summed E-state index contributed by atoms with van der Waals surface area (Å²) in [5.41, 5.74) is 2.36. The number of halogens is 1. The molecule has 0 N–H and O–H groups in total. The Morgan fingerprint density at radius 1 is 1.19 bits per heavy atom. The van der Waals surface area contributed by atoms with Gasteiger partial charge < -0.3 is 4.90 Å². The zero-order valence-electron chi connectivity index (χ0n) is 14.4. The van der Waals surface area contributed by atoms with Crippen LogP contribution >= 0.6 is 0 Å². The fraction of sp³-hybridized carbons (Fsp3) is 0.368. The number of likely N-dealkylation sites (tertiary alicyclic amines) is 1. The first-order valence-corrected chi connectivity index (χ1v) is 8.90. The number of rotatable bonds is 4. The maximum absolute atomic E-state index is 13.0. The zero-order chi connectivity index (χ0) is 17.9. The number of fused-ring (bicyclic) bond motifs is 1. The Bertz CT molecular complexity index is 908. The standard InChI is InChI=1S/C19H20FN5O/c20-17-8-5-14(6-9-17)3-4-15-2-1-11-24(12-15)19(26)16-7-10-18-21-22-23-25(18)13-16/h5-10,13,15H,1-4,11-12H2. The van der Waals surface area contributed by atoms with Crippen LogP contribution in [0.15, 0.2) is 42.6 Å². The fourth-order valence-electron chi connectivity index (χ4n) is 3.56. The van der Waals surface area contributed by atoms with E-state index in [1.807, 2.05) is 17.0 Å². The lowest BCUT2D eigenvalue weighted by molar-refractivity contribution is 0.0667. The van der Waals surface area contributed by atoms with Gasteiger partial charge in [0.15, 0.2) is 5.65 Å². The molecule has 1 aliphatic rings. The average Bonchev–Trinajstić information content (AvgIpc) is 3.15. The van der Waals surface area contributed by atoms with Gasteiger partial charge in [-0.1, -0.05) is 12.1 Å². The van der Waals surface area contributed by atoms with Gasteiger partial charge >= 0.3 is 0 Å². The molecule has 134 valence electrons. The Balaban J connectivity index is 1.39. The average molecular weight is 353 g/mol. The number of nitrogens with zero attached hydrogens (tertiary/aromatic N) is 5. The molecule has 3 aromatic rings. The Hall–Kier alpha value is -2.83. The third kappa shape index (κ3) is 3.56. The number of tetrazole rings is 1. The van der Waals surface area contributed by atoms with Gasteiger partial charge in [-0.25, -0.2) is 4.39 Å². The van der Waals surface area contributed by atoms with Crippen molar-refractivity contribution in [3.8, 4) is 0 Å². The van der Waals surface area contributed by atoms with Crippen LogP contribution < -0.4 is 0 Å². The highest BCUT2D eigenvalue weighted by atomic mass is 19.1. The molecular weight excluding hydrogens is 333 g/mol. The minimum Gasteiger partial charge on any atom is -0.338 e. The number of benzene rings is 1. The van der Waals surface area contributed by atoms with E-state index in [0.717, 1.165) is 44.3 Å². The highest BCUT2D eigenvalue weighted by molar-refractivity contribution is 5.94. The van der Waals surface area contributed by atoms with Crippen LogP contribution in [0.4, 0.5) is 4.39 Å². The van der Waals surface area contributed by atoms with Crippen LogP contribution in [0.25, 0.3) is 5.65 Å². The molecule has 4 rings (SSSR count). The number of piperidine rings is 1. The van der Waals surface area contributed by atoms with Crippen molar-refractivity contribution in [3.63, 3.8) is 0 Å². The van der Waals surface area contributed by atoms with Crippen LogP contribution in [0.1, 0.15) is 35.2 Å². The Labute approximate surface area is 150 Å². The van der Waals surface area contributed by atoms with Gasteiger partial charge in [0, 0.05) is 19.3 Å². The van der Waals surface area contributed by atoms with Gasteiger partial charge in [0.2, 0.25) is 0 Å². The first-order chi connectivity index (χ1) is 12.7. The predicted molar refractivity (Wildman–Crippen MR) is 94.1 cm³/mol. The number of hydrogen-bond donors (Lipinski definition) is 0. The summed E-state index contributed by atoms with van der Waals surface area (Å²) in [6, 6.07) is 10.2. The minimum absolute atomic E-state index is 0.0221. The Morgan fingerprint density at radius 2 is 2.04 bits per heavy atom. The van der Waals surface area contributed by atoms with Gasteiger partial charge in [-0.2, -0.15) is 4.52 Å². The fourth-order valence-corrected chi connectivity index (χ4v) is 3.56. The molecule has 1 unspecified atom stereocenters. The Kier molecular flexibility index (Phi) is 4.60. The quantitative estimate of drug-likeness (QED) is 0.723. The number of pyridine rings is 1. The summed E-state index contributed by atoms with van der Waals surface area (Å²) in [6.07, 6.45) is 5.72. The van der Waals surface area contributed by atoms with Crippen molar-refractivity contribution < 1.29 is 9.18 Å². The lowest BCUT2D eigenvalue weighted by Gasteiger charge is -2.33. The molecule has 2 aromatic heterocycles. The van der Waals surface area contributed by atoms with Crippen molar-refractivity contribution in [3.05, 3.63) is 59.5 Å². The van der Waals surface area contributed by atoms with Gasteiger partial charge in [-0.15, -0.1) is 5.10 Å². The lowest BCUT2D eigenvalue weighted by Crippen LogP contribution is -2.40. The molecule has 0 spiro atoms. The van der Waals surface area contributed by atoms with Gasteiger partial charge in [0.05, 0.1) is 5.56 Å². The number of carbonyl (C=O) groups excluding carboxylic acids is 1. The van der Waals surface area contributed by atoms with E-state index in [2.05, 4.69) is 15.5 Å². The van der Waals surface area contributed by atoms with E-state index in [-0.39, 0.29) is 11.7 Å². The van der Waals surface area contributed by atoms with Crippen molar-refractivity contribution in [2.45, 2.75) is 25.7 Å². The summed E-state index contributed by atoms with van der Waals surface area (Å²) in [6.45, 7) is 1.53. The number of hydrogen-bond acceptors (Lipinski definition) is 4. The molecule has 7 heteroatoms. The third-order valence-corrected chi connectivity index (χ3v) is 5.00. The summed E-state index contributed by atoms with van der Waals surface area (Å²) >= 11 is 0. The van der Waals surface area contributed by atoms with E-state index in [1.54, 1.807) is 18.3 Å². The van der Waals surface area contributed by atoms with Crippen LogP contribution in [-0.2, 0) is 6.42 Å². The van der Waals surface area contributed by atoms with Gasteiger partial charge in [0.1, 0.15) is 5.82 Å². The van der Waals surface area contributed by atoms with Gasteiger partial charge in [-0.05, 0) is 71.9 Å². The highest BCUT2D eigenvalue weighted by Crippen LogP contribution is 2.23. The van der Waals surface area contributed by atoms with Crippen molar-refractivity contribution >= 4 is 11.6 Å². The molecule has 1 atom stereocenters. The second kappa shape index (κ2) is 7.19. The van der Waals surface area contributed by atoms with E-state index >= 15 is 0 Å². The molecule has 1 aromatic carbocycles. The third-order valence-electron chi connectivity index (χ3n) is 5.00. The monoisotopic (exact) mass is 353 g/mol. The van der Waals surface area contributed by atoms with E-state index < -0.39 is 0 Å². The minimum atomic E-state index is -0.206. The molecule has 3 heterocycles. The summed E-state index contributed by atoms with van der Waals surface area (Å²) in [7, 11) is 0. The molecule has 1 amide bonds. The van der Waals surface area contributed by atoms with Crippen molar-refractivity contribution in [2.24, 2.45) is 5.92 Å². The highest BCUT2D eigenvalue weighted by Gasteiger charge is 2.24.